The van der Waals surface area contributed by atoms with Crippen molar-refractivity contribution in [3.05, 3.63) is 35.4 Å². The van der Waals surface area contributed by atoms with Crippen LogP contribution in [-0.4, -0.2) is 90.3 Å². The predicted octanol–water partition coefficient (Wildman–Crippen LogP) is 1.40. The second-order valence-electron chi connectivity index (χ2n) is 6.20. The van der Waals surface area contributed by atoms with Gasteiger partial charge in [-0.25, -0.2) is 0 Å². The highest BCUT2D eigenvalue weighted by atomic mass is 16.6. The third-order valence-corrected chi connectivity index (χ3v) is 4.11. The van der Waals surface area contributed by atoms with E-state index in [1.807, 2.05) is 24.3 Å². The van der Waals surface area contributed by atoms with Gasteiger partial charge in [-0.05, 0) is 5.56 Å². The smallest absolute Gasteiger partial charge is 0.150 e. The highest BCUT2D eigenvalue weighted by Gasteiger charge is 2.07. The summed E-state index contributed by atoms with van der Waals surface area (Å²) in [6.45, 7) is 8.20. The van der Waals surface area contributed by atoms with Crippen molar-refractivity contribution in [1.82, 2.24) is 4.90 Å². The molecule has 1 aromatic rings. The lowest BCUT2D eigenvalue weighted by atomic mass is 10.1. The molecule has 0 bridgehead atoms. The maximum atomic E-state index is 10.8. The Bertz CT molecular complexity index is 478. The molecular weight excluding hydrogens is 350 g/mol. The van der Waals surface area contributed by atoms with Crippen LogP contribution in [-0.2, 0) is 30.2 Å². The van der Waals surface area contributed by atoms with E-state index in [1.165, 1.54) is 0 Å². The van der Waals surface area contributed by atoms with E-state index in [9.17, 15) is 4.79 Å². The number of carbonyl (C=O) groups excluding carboxylic acids is 1. The molecule has 0 unspecified atom stereocenters. The highest BCUT2D eigenvalue weighted by Crippen LogP contribution is 2.07. The van der Waals surface area contributed by atoms with Crippen molar-refractivity contribution < 1.29 is 28.5 Å². The van der Waals surface area contributed by atoms with Gasteiger partial charge in [0.2, 0.25) is 0 Å². The summed E-state index contributed by atoms with van der Waals surface area (Å²) in [7, 11) is 0. The van der Waals surface area contributed by atoms with Gasteiger partial charge in [-0.2, -0.15) is 0 Å². The quantitative estimate of drug-likeness (QED) is 0.733. The third kappa shape index (κ3) is 10.5. The van der Waals surface area contributed by atoms with Gasteiger partial charge in [0.15, 0.2) is 0 Å². The summed E-state index contributed by atoms with van der Waals surface area (Å²) in [6, 6.07) is 7.66. The second-order valence-corrected chi connectivity index (χ2v) is 6.20. The summed E-state index contributed by atoms with van der Waals surface area (Å²) < 4.78 is 27.7. The summed E-state index contributed by atoms with van der Waals surface area (Å²) in [5.74, 6) is 0. The van der Waals surface area contributed by atoms with E-state index in [2.05, 4.69) is 4.90 Å². The maximum Gasteiger partial charge on any atom is 0.150 e. The van der Waals surface area contributed by atoms with Gasteiger partial charge in [-0.15, -0.1) is 0 Å². The van der Waals surface area contributed by atoms with Crippen LogP contribution in [0.3, 0.4) is 0 Å². The molecule has 0 radical (unpaired) electrons. The molecule has 0 atom stereocenters. The van der Waals surface area contributed by atoms with Crippen molar-refractivity contribution in [2.45, 2.75) is 6.54 Å². The normalized spacial score (nSPS) is 20.4. The lowest BCUT2D eigenvalue weighted by Gasteiger charge is -2.22. The number of ether oxygens (including phenoxy) is 5. The Morgan fingerprint density at radius 2 is 1.07 bits per heavy atom. The molecular formula is C20H31NO6. The second kappa shape index (κ2) is 14.7. The van der Waals surface area contributed by atoms with Crippen molar-refractivity contribution in [2.75, 3.05) is 79.2 Å². The van der Waals surface area contributed by atoms with E-state index in [0.717, 1.165) is 31.5 Å². The fraction of sp³-hybridized carbons (Fsp3) is 0.650. The maximum absolute atomic E-state index is 10.8. The first-order valence-electron chi connectivity index (χ1n) is 9.53. The predicted molar refractivity (Wildman–Crippen MR) is 101 cm³/mol. The zero-order chi connectivity index (χ0) is 19.0. The molecule has 152 valence electrons. The minimum atomic E-state index is 0.565. The Kier molecular flexibility index (Phi) is 11.9. The summed E-state index contributed by atoms with van der Waals surface area (Å²) >= 11 is 0. The SMILES string of the molecule is O=Cc1ccc(CN2CCOCCOCCOCCOCCOCC2)cc1. The molecule has 1 aromatic carbocycles. The van der Waals surface area contributed by atoms with E-state index in [-0.39, 0.29) is 0 Å². The van der Waals surface area contributed by atoms with Crippen LogP contribution in [0.25, 0.3) is 0 Å². The summed E-state index contributed by atoms with van der Waals surface area (Å²) in [6.07, 6.45) is 0.860. The minimum absolute atomic E-state index is 0.565. The number of hydrogen-bond acceptors (Lipinski definition) is 7. The van der Waals surface area contributed by atoms with Crippen molar-refractivity contribution in [3.8, 4) is 0 Å². The van der Waals surface area contributed by atoms with Crippen LogP contribution in [0, 0.1) is 0 Å². The number of nitrogens with zero attached hydrogens (tertiary/aromatic N) is 1. The fourth-order valence-corrected chi connectivity index (χ4v) is 2.60. The van der Waals surface area contributed by atoms with Crippen LogP contribution in [0.15, 0.2) is 24.3 Å². The van der Waals surface area contributed by atoms with Gasteiger partial charge in [-0.3, -0.25) is 9.69 Å². The number of benzene rings is 1. The van der Waals surface area contributed by atoms with Crippen LogP contribution in [0.5, 0.6) is 0 Å². The van der Waals surface area contributed by atoms with E-state index >= 15 is 0 Å². The first-order valence-corrected chi connectivity index (χ1v) is 9.53. The average molecular weight is 381 g/mol. The largest absolute Gasteiger partial charge is 0.378 e. The molecule has 0 aromatic heterocycles. The minimum Gasteiger partial charge on any atom is -0.378 e. The molecule has 0 amide bonds. The lowest BCUT2D eigenvalue weighted by molar-refractivity contribution is -0.0189. The first kappa shape index (κ1) is 21.9. The molecule has 27 heavy (non-hydrogen) atoms. The third-order valence-electron chi connectivity index (χ3n) is 4.11. The monoisotopic (exact) mass is 381 g/mol. The number of aldehydes is 1. The van der Waals surface area contributed by atoms with E-state index in [0.29, 0.717) is 71.6 Å². The van der Waals surface area contributed by atoms with Crippen LogP contribution < -0.4 is 0 Å². The standard InChI is InChI=1S/C20H31NO6/c22-18-20-3-1-19(2-4-20)17-21-5-7-23-9-11-25-13-15-27-16-14-26-12-10-24-8-6-21/h1-4,18H,5-17H2. The Labute approximate surface area is 161 Å². The Morgan fingerprint density at radius 1 is 0.667 bits per heavy atom. The Balaban J connectivity index is 1.78. The molecule has 1 aliphatic heterocycles. The molecule has 1 fully saturated rings. The molecule has 0 saturated carbocycles. The summed E-state index contributed by atoms with van der Waals surface area (Å²) in [5.41, 5.74) is 1.85. The van der Waals surface area contributed by atoms with Crippen LogP contribution in [0.2, 0.25) is 0 Å². The van der Waals surface area contributed by atoms with Gasteiger partial charge < -0.3 is 23.7 Å². The van der Waals surface area contributed by atoms with E-state index < -0.39 is 0 Å². The van der Waals surface area contributed by atoms with E-state index in [1.54, 1.807) is 0 Å². The van der Waals surface area contributed by atoms with Crippen molar-refractivity contribution in [3.63, 3.8) is 0 Å². The van der Waals surface area contributed by atoms with Gasteiger partial charge in [0.05, 0.1) is 66.1 Å². The van der Waals surface area contributed by atoms with Crippen LogP contribution in [0.4, 0.5) is 0 Å². The number of carbonyl (C=O) groups is 1. The molecule has 1 aliphatic rings. The molecule has 2 rings (SSSR count). The van der Waals surface area contributed by atoms with Crippen LogP contribution >= 0.6 is 0 Å². The Hall–Kier alpha value is -1.35. The molecule has 1 heterocycles. The molecule has 0 spiro atoms. The van der Waals surface area contributed by atoms with Gasteiger partial charge in [-0.1, -0.05) is 24.3 Å². The first-order chi connectivity index (χ1) is 13.4. The van der Waals surface area contributed by atoms with Crippen molar-refractivity contribution in [2.24, 2.45) is 0 Å². The molecule has 1 saturated heterocycles. The Morgan fingerprint density at radius 3 is 1.48 bits per heavy atom. The molecule has 7 nitrogen and oxygen atoms in total. The lowest BCUT2D eigenvalue weighted by Crippen LogP contribution is -2.31. The number of rotatable bonds is 3. The van der Waals surface area contributed by atoms with E-state index in [4.69, 9.17) is 23.7 Å². The van der Waals surface area contributed by atoms with Gasteiger partial charge in [0, 0.05) is 25.2 Å². The topological polar surface area (TPSA) is 66.5 Å². The average Bonchev–Trinajstić information content (AvgIpc) is 2.70. The van der Waals surface area contributed by atoms with Crippen LogP contribution in [0.1, 0.15) is 15.9 Å². The fourth-order valence-electron chi connectivity index (χ4n) is 2.60. The van der Waals surface area contributed by atoms with Crippen molar-refractivity contribution in [1.29, 1.82) is 0 Å². The van der Waals surface area contributed by atoms with Gasteiger partial charge in [0.1, 0.15) is 6.29 Å². The van der Waals surface area contributed by atoms with Gasteiger partial charge >= 0.3 is 0 Å². The summed E-state index contributed by atoms with van der Waals surface area (Å²) in [5, 5.41) is 0. The molecule has 0 N–H and O–H groups in total. The zero-order valence-electron chi connectivity index (χ0n) is 16.0. The number of hydrogen-bond donors (Lipinski definition) is 0. The van der Waals surface area contributed by atoms with Gasteiger partial charge in [0.25, 0.3) is 0 Å². The summed E-state index contributed by atoms with van der Waals surface area (Å²) in [4.78, 5) is 13.1. The molecule has 0 aliphatic carbocycles. The molecule has 7 heteroatoms. The van der Waals surface area contributed by atoms with Crippen molar-refractivity contribution >= 4 is 6.29 Å². The highest BCUT2D eigenvalue weighted by molar-refractivity contribution is 5.74. The zero-order valence-corrected chi connectivity index (χ0v) is 16.0.